The third-order valence-corrected chi connectivity index (χ3v) is 5.27. The molecule has 0 bridgehead atoms. The van der Waals surface area contributed by atoms with Gasteiger partial charge in [-0.25, -0.2) is 0 Å². The molecule has 32 heavy (non-hydrogen) atoms. The number of nitrogens with one attached hydrogen (secondary N) is 2. The highest BCUT2D eigenvalue weighted by molar-refractivity contribution is 6.11. The second-order valence-corrected chi connectivity index (χ2v) is 7.29. The third-order valence-electron chi connectivity index (χ3n) is 5.27. The fourth-order valence-corrected chi connectivity index (χ4v) is 3.63. The highest BCUT2D eigenvalue weighted by Gasteiger charge is 2.12. The predicted molar refractivity (Wildman–Crippen MR) is 126 cm³/mol. The van der Waals surface area contributed by atoms with Crippen molar-refractivity contribution in [3.05, 3.63) is 109 Å². The number of amides is 2. The van der Waals surface area contributed by atoms with Gasteiger partial charge in [0.2, 0.25) is 0 Å². The summed E-state index contributed by atoms with van der Waals surface area (Å²) in [6.07, 6.45) is 6.89. The molecule has 6 heteroatoms. The first kappa shape index (κ1) is 19.4. The van der Waals surface area contributed by atoms with Crippen LogP contribution in [-0.4, -0.2) is 21.8 Å². The molecule has 0 radical (unpaired) electrons. The first-order chi connectivity index (χ1) is 15.7. The van der Waals surface area contributed by atoms with Crippen LogP contribution in [0.15, 0.2) is 97.6 Å². The van der Waals surface area contributed by atoms with Crippen molar-refractivity contribution in [1.82, 2.24) is 9.97 Å². The highest BCUT2D eigenvalue weighted by Crippen LogP contribution is 2.24. The second-order valence-electron chi connectivity index (χ2n) is 7.29. The number of fused-ring (bicyclic) bond motifs is 2. The number of nitrogens with zero attached hydrogens (tertiary/aromatic N) is 2. The minimum absolute atomic E-state index is 0.247. The summed E-state index contributed by atoms with van der Waals surface area (Å²) in [7, 11) is 0. The van der Waals surface area contributed by atoms with Crippen LogP contribution >= 0.6 is 0 Å². The number of aromatic nitrogens is 2. The molecule has 2 amide bonds. The number of hydrogen-bond acceptors (Lipinski definition) is 4. The highest BCUT2D eigenvalue weighted by atomic mass is 16.2. The van der Waals surface area contributed by atoms with Gasteiger partial charge in [-0.1, -0.05) is 24.3 Å². The molecule has 0 unspecified atom stereocenters. The summed E-state index contributed by atoms with van der Waals surface area (Å²) in [6, 6.07) is 21.6. The summed E-state index contributed by atoms with van der Waals surface area (Å²) in [5, 5.41) is 9.59. The van der Waals surface area contributed by atoms with Gasteiger partial charge in [0, 0.05) is 68.8 Å². The van der Waals surface area contributed by atoms with Crippen molar-refractivity contribution in [2.24, 2.45) is 0 Å². The van der Waals surface area contributed by atoms with Gasteiger partial charge in [-0.3, -0.25) is 19.6 Å². The maximum atomic E-state index is 12.7. The van der Waals surface area contributed by atoms with Crippen LogP contribution in [0.25, 0.3) is 21.5 Å². The van der Waals surface area contributed by atoms with Gasteiger partial charge >= 0.3 is 0 Å². The van der Waals surface area contributed by atoms with Gasteiger partial charge in [0.05, 0.1) is 0 Å². The quantitative estimate of drug-likeness (QED) is 0.415. The molecule has 154 valence electrons. The number of rotatable bonds is 4. The van der Waals surface area contributed by atoms with Crippen LogP contribution < -0.4 is 10.6 Å². The van der Waals surface area contributed by atoms with Gasteiger partial charge in [0.25, 0.3) is 11.8 Å². The van der Waals surface area contributed by atoms with Crippen molar-refractivity contribution < 1.29 is 9.59 Å². The van der Waals surface area contributed by atoms with Crippen molar-refractivity contribution in [3.8, 4) is 0 Å². The van der Waals surface area contributed by atoms with E-state index in [1.165, 1.54) is 0 Å². The van der Waals surface area contributed by atoms with Gasteiger partial charge in [-0.15, -0.1) is 0 Å². The molecular weight excluding hydrogens is 400 g/mol. The van der Waals surface area contributed by atoms with Crippen molar-refractivity contribution in [3.63, 3.8) is 0 Å². The molecule has 0 saturated carbocycles. The van der Waals surface area contributed by atoms with Gasteiger partial charge < -0.3 is 10.6 Å². The maximum Gasteiger partial charge on any atom is 0.255 e. The van der Waals surface area contributed by atoms with Gasteiger partial charge in [0.15, 0.2) is 0 Å². The summed E-state index contributed by atoms with van der Waals surface area (Å²) in [5.74, 6) is -0.495. The van der Waals surface area contributed by atoms with E-state index in [0.717, 1.165) is 21.5 Å². The summed E-state index contributed by atoms with van der Waals surface area (Å²) >= 11 is 0. The number of carbonyl (C=O) groups excluding carboxylic acids is 2. The summed E-state index contributed by atoms with van der Waals surface area (Å²) in [5.41, 5.74) is 2.34. The lowest BCUT2D eigenvalue weighted by atomic mass is 10.1. The average molecular weight is 418 g/mol. The SMILES string of the molecule is O=C(Nc1cccc2cnccc12)c1ccc(C(=O)Nc2cccc3cnccc23)cc1. The fourth-order valence-electron chi connectivity index (χ4n) is 3.63. The number of carbonyl (C=O) groups is 2. The lowest BCUT2D eigenvalue weighted by Gasteiger charge is -2.10. The van der Waals surface area contributed by atoms with Crippen LogP contribution in [0, 0.1) is 0 Å². The van der Waals surface area contributed by atoms with Crippen LogP contribution in [0.4, 0.5) is 11.4 Å². The van der Waals surface area contributed by atoms with Crippen LogP contribution in [0.5, 0.6) is 0 Å². The van der Waals surface area contributed by atoms with Crippen molar-refractivity contribution in [2.75, 3.05) is 10.6 Å². The van der Waals surface area contributed by atoms with Crippen molar-refractivity contribution in [1.29, 1.82) is 0 Å². The van der Waals surface area contributed by atoms with Crippen LogP contribution in [-0.2, 0) is 0 Å². The lowest BCUT2D eigenvalue weighted by Crippen LogP contribution is -2.14. The Morgan fingerprint density at radius 1 is 0.562 bits per heavy atom. The fraction of sp³-hybridized carbons (Fsp3) is 0. The molecule has 6 nitrogen and oxygen atoms in total. The third kappa shape index (κ3) is 3.77. The van der Waals surface area contributed by atoms with E-state index in [1.54, 1.807) is 49.1 Å². The van der Waals surface area contributed by atoms with E-state index in [4.69, 9.17) is 0 Å². The van der Waals surface area contributed by atoms with E-state index in [0.29, 0.717) is 22.5 Å². The Labute approximate surface area is 184 Å². The molecule has 2 N–H and O–H groups in total. The molecule has 5 aromatic rings. The Morgan fingerprint density at radius 2 is 1.00 bits per heavy atom. The van der Waals surface area contributed by atoms with E-state index in [2.05, 4.69) is 20.6 Å². The molecule has 0 aliphatic heterocycles. The Balaban J connectivity index is 1.33. The molecule has 3 aromatic carbocycles. The van der Waals surface area contributed by atoms with Crippen molar-refractivity contribution >= 4 is 44.7 Å². The Hall–Kier alpha value is -4.58. The molecule has 0 atom stereocenters. The van der Waals surface area contributed by atoms with E-state index in [1.807, 2.05) is 48.5 Å². The number of benzene rings is 3. The number of pyridine rings is 2. The summed E-state index contributed by atoms with van der Waals surface area (Å²) < 4.78 is 0. The van der Waals surface area contributed by atoms with E-state index in [-0.39, 0.29) is 11.8 Å². The molecule has 5 rings (SSSR count). The monoisotopic (exact) mass is 418 g/mol. The first-order valence-corrected chi connectivity index (χ1v) is 10.1. The van der Waals surface area contributed by atoms with E-state index in [9.17, 15) is 9.59 Å². The molecule has 0 spiro atoms. The lowest BCUT2D eigenvalue weighted by molar-refractivity contribution is 0.101. The van der Waals surface area contributed by atoms with Crippen molar-refractivity contribution in [2.45, 2.75) is 0 Å². The number of hydrogen-bond donors (Lipinski definition) is 2. The maximum absolute atomic E-state index is 12.7. The van der Waals surface area contributed by atoms with Crippen LogP contribution in [0.2, 0.25) is 0 Å². The zero-order valence-electron chi connectivity index (χ0n) is 16.9. The van der Waals surface area contributed by atoms with E-state index < -0.39 is 0 Å². The summed E-state index contributed by atoms with van der Waals surface area (Å²) in [6.45, 7) is 0. The molecule has 0 saturated heterocycles. The second kappa shape index (κ2) is 8.28. The Kier molecular flexibility index (Phi) is 5.01. The molecular formula is C26H18N4O2. The minimum atomic E-state index is -0.247. The molecule has 2 aromatic heterocycles. The minimum Gasteiger partial charge on any atom is -0.321 e. The van der Waals surface area contributed by atoms with Crippen LogP contribution in [0.1, 0.15) is 20.7 Å². The topological polar surface area (TPSA) is 84.0 Å². The summed E-state index contributed by atoms with van der Waals surface area (Å²) in [4.78, 5) is 33.7. The van der Waals surface area contributed by atoms with Gasteiger partial charge in [-0.05, 0) is 48.5 Å². The molecule has 2 heterocycles. The van der Waals surface area contributed by atoms with Gasteiger partial charge in [-0.2, -0.15) is 0 Å². The zero-order chi connectivity index (χ0) is 21.9. The average Bonchev–Trinajstić information content (AvgIpc) is 2.84. The molecule has 0 aliphatic rings. The molecule has 0 aliphatic carbocycles. The number of anilines is 2. The predicted octanol–water partition coefficient (Wildman–Crippen LogP) is 5.29. The normalized spacial score (nSPS) is 10.8. The smallest absolute Gasteiger partial charge is 0.255 e. The zero-order valence-corrected chi connectivity index (χ0v) is 16.9. The first-order valence-electron chi connectivity index (χ1n) is 10.1. The standard InChI is InChI=1S/C26H18N4O2/c31-25(29-23-5-1-3-19-15-27-13-11-21(19)23)17-7-9-18(10-8-17)26(32)30-24-6-2-4-20-16-28-14-12-22(20)24/h1-16H,(H,29,31)(H,30,32). The van der Waals surface area contributed by atoms with Gasteiger partial charge in [0.1, 0.15) is 0 Å². The Morgan fingerprint density at radius 3 is 1.44 bits per heavy atom. The largest absolute Gasteiger partial charge is 0.321 e. The van der Waals surface area contributed by atoms with E-state index >= 15 is 0 Å². The Bertz CT molecular complexity index is 1340. The van der Waals surface area contributed by atoms with Crippen LogP contribution in [0.3, 0.4) is 0 Å². The molecule has 0 fully saturated rings.